The van der Waals surface area contributed by atoms with E-state index in [1.54, 1.807) is 10.8 Å². The summed E-state index contributed by atoms with van der Waals surface area (Å²) in [6, 6.07) is 9.92. The number of amides is 1. The minimum Gasteiger partial charge on any atom is -0.481 e. The molecule has 0 atom stereocenters. The summed E-state index contributed by atoms with van der Waals surface area (Å²) in [5.74, 6) is 0.630. The second-order valence-electron chi connectivity index (χ2n) is 5.60. The molecule has 0 aliphatic carbocycles. The van der Waals surface area contributed by atoms with Gasteiger partial charge in [0.25, 0.3) is 0 Å². The first kappa shape index (κ1) is 19.1. The molecule has 1 saturated heterocycles. The van der Waals surface area contributed by atoms with Crippen LogP contribution < -0.4 is 5.32 Å². The number of rotatable bonds is 9. The van der Waals surface area contributed by atoms with Crippen molar-refractivity contribution in [2.24, 2.45) is 0 Å². The van der Waals surface area contributed by atoms with Crippen LogP contribution in [-0.2, 0) is 19.7 Å². The van der Waals surface area contributed by atoms with Crippen molar-refractivity contribution in [3.8, 4) is 0 Å². The van der Waals surface area contributed by atoms with Gasteiger partial charge >= 0.3 is 5.97 Å². The monoisotopic (exact) mass is 369 g/mol. The number of nitrogens with one attached hydrogen (secondary N) is 1. The lowest BCUT2D eigenvalue weighted by atomic mass is 9.73. The Balaban J connectivity index is 1.82. The molecule has 0 saturated carbocycles. The topological polar surface area (TPSA) is 75.6 Å². The van der Waals surface area contributed by atoms with Crippen LogP contribution in [0, 0.1) is 0 Å². The highest BCUT2D eigenvalue weighted by atomic mass is 33.1. The highest BCUT2D eigenvalue weighted by molar-refractivity contribution is 8.76. The molecule has 1 aromatic carbocycles. The molecule has 2 N–H and O–H groups in total. The van der Waals surface area contributed by atoms with Crippen LogP contribution in [0.25, 0.3) is 0 Å². The van der Waals surface area contributed by atoms with Gasteiger partial charge in [0.1, 0.15) is 0 Å². The van der Waals surface area contributed by atoms with Crippen molar-refractivity contribution < 1.29 is 19.4 Å². The van der Waals surface area contributed by atoms with E-state index in [9.17, 15) is 9.59 Å². The first-order valence-corrected chi connectivity index (χ1v) is 10.5. The van der Waals surface area contributed by atoms with Gasteiger partial charge in [-0.3, -0.25) is 9.59 Å². The number of hydrogen-bond acceptors (Lipinski definition) is 5. The van der Waals surface area contributed by atoms with Crippen LogP contribution in [0.15, 0.2) is 30.3 Å². The first-order chi connectivity index (χ1) is 11.6. The number of carbonyl (C=O) groups excluding carboxylic acids is 1. The number of carboxylic acids is 1. The fourth-order valence-electron chi connectivity index (χ4n) is 2.75. The van der Waals surface area contributed by atoms with Crippen LogP contribution in [0.5, 0.6) is 0 Å². The van der Waals surface area contributed by atoms with Gasteiger partial charge in [0.2, 0.25) is 5.91 Å². The number of carbonyl (C=O) groups is 2. The Morgan fingerprint density at radius 1 is 1.12 bits per heavy atom. The lowest BCUT2D eigenvalue weighted by Gasteiger charge is -2.36. The average Bonchev–Trinajstić information content (AvgIpc) is 2.61. The second kappa shape index (κ2) is 9.96. The maximum atomic E-state index is 12.8. The SMILES string of the molecule is O=C(O)CCSSCCNC(=O)C1(c2ccccc2)CCOCC1. The van der Waals surface area contributed by atoms with Crippen molar-refractivity contribution in [1.29, 1.82) is 0 Å². The molecule has 1 amide bonds. The third-order valence-corrected chi connectivity index (χ3v) is 6.47. The molecule has 5 nitrogen and oxygen atoms in total. The molecule has 1 heterocycles. The van der Waals surface area contributed by atoms with Gasteiger partial charge in [-0.1, -0.05) is 51.9 Å². The molecule has 0 spiro atoms. The average molecular weight is 370 g/mol. The van der Waals surface area contributed by atoms with Gasteiger partial charge in [-0.2, -0.15) is 0 Å². The zero-order valence-electron chi connectivity index (χ0n) is 13.5. The first-order valence-electron chi connectivity index (χ1n) is 8.03. The zero-order chi connectivity index (χ0) is 17.3. The molecular weight excluding hydrogens is 346 g/mol. The number of benzene rings is 1. The Hall–Kier alpha value is -1.18. The molecule has 0 unspecified atom stereocenters. The van der Waals surface area contributed by atoms with Crippen molar-refractivity contribution in [3.63, 3.8) is 0 Å². The van der Waals surface area contributed by atoms with E-state index in [2.05, 4.69) is 5.32 Å². The number of carboxylic acid groups (broad SMARTS) is 1. The molecule has 1 fully saturated rings. The van der Waals surface area contributed by atoms with Crippen molar-refractivity contribution in [1.82, 2.24) is 5.32 Å². The van der Waals surface area contributed by atoms with Crippen molar-refractivity contribution in [2.45, 2.75) is 24.7 Å². The van der Waals surface area contributed by atoms with Gasteiger partial charge in [-0.05, 0) is 18.4 Å². The van der Waals surface area contributed by atoms with Crippen LogP contribution in [0.4, 0.5) is 0 Å². The molecule has 24 heavy (non-hydrogen) atoms. The van der Waals surface area contributed by atoms with Crippen LogP contribution >= 0.6 is 21.6 Å². The van der Waals surface area contributed by atoms with E-state index in [1.807, 2.05) is 30.3 Å². The lowest BCUT2D eigenvalue weighted by Crippen LogP contribution is -2.48. The molecule has 2 rings (SSSR count). The molecule has 132 valence electrons. The summed E-state index contributed by atoms with van der Waals surface area (Å²) in [5, 5.41) is 11.6. The second-order valence-corrected chi connectivity index (χ2v) is 8.31. The predicted molar refractivity (Wildman–Crippen MR) is 98.4 cm³/mol. The van der Waals surface area contributed by atoms with Crippen LogP contribution in [0.1, 0.15) is 24.8 Å². The minimum atomic E-state index is -0.777. The van der Waals surface area contributed by atoms with Crippen LogP contribution in [0.2, 0.25) is 0 Å². The number of hydrogen-bond donors (Lipinski definition) is 2. The van der Waals surface area contributed by atoms with Gasteiger partial charge in [-0.15, -0.1) is 0 Å². The summed E-state index contributed by atoms with van der Waals surface area (Å²) >= 11 is 0. The molecule has 7 heteroatoms. The van der Waals surface area contributed by atoms with Crippen molar-refractivity contribution in [2.75, 3.05) is 31.3 Å². The summed E-state index contributed by atoms with van der Waals surface area (Å²) < 4.78 is 5.45. The molecule has 0 aromatic heterocycles. The summed E-state index contributed by atoms with van der Waals surface area (Å²) in [7, 11) is 3.12. The van der Waals surface area contributed by atoms with Crippen molar-refractivity contribution in [3.05, 3.63) is 35.9 Å². The van der Waals surface area contributed by atoms with Crippen molar-refractivity contribution >= 4 is 33.5 Å². The fourth-order valence-corrected chi connectivity index (χ4v) is 4.63. The van der Waals surface area contributed by atoms with Gasteiger partial charge in [0, 0.05) is 31.3 Å². The summed E-state index contributed by atoms with van der Waals surface area (Å²) in [5.41, 5.74) is 0.551. The summed E-state index contributed by atoms with van der Waals surface area (Å²) in [4.78, 5) is 23.3. The normalized spacial score (nSPS) is 16.5. The highest BCUT2D eigenvalue weighted by Crippen LogP contribution is 2.35. The maximum Gasteiger partial charge on any atom is 0.304 e. The fraction of sp³-hybridized carbons (Fsp3) is 0.529. The zero-order valence-corrected chi connectivity index (χ0v) is 15.2. The van der Waals surface area contributed by atoms with Gasteiger partial charge < -0.3 is 15.2 Å². The molecule has 1 aliphatic heterocycles. The van der Waals surface area contributed by atoms with E-state index in [0.29, 0.717) is 38.4 Å². The molecule has 1 aliphatic rings. The molecule has 1 aromatic rings. The Labute approximate surface area is 150 Å². The van der Waals surface area contributed by atoms with Gasteiger partial charge in [0.05, 0.1) is 11.8 Å². The largest absolute Gasteiger partial charge is 0.481 e. The van der Waals surface area contributed by atoms with E-state index in [4.69, 9.17) is 9.84 Å². The van der Waals surface area contributed by atoms with Crippen LogP contribution in [0.3, 0.4) is 0 Å². The Morgan fingerprint density at radius 3 is 2.46 bits per heavy atom. The molecule has 0 radical (unpaired) electrons. The Kier molecular flexibility index (Phi) is 7.94. The van der Waals surface area contributed by atoms with Crippen LogP contribution in [-0.4, -0.2) is 48.2 Å². The van der Waals surface area contributed by atoms with Gasteiger partial charge in [0.15, 0.2) is 0 Å². The lowest BCUT2D eigenvalue weighted by molar-refractivity contribution is -0.136. The van der Waals surface area contributed by atoms with E-state index >= 15 is 0 Å². The number of aliphatic carboxylic acids is 1. The Morgan fingerprint density at radius 2 is 1.79 bits per heavy atom. The summed E-state index contributed by atoms with van der Waals surface area (Å²) in [6.45, 7) is 1.78. The smallest absolute Gasteiger partial charge is 0.304 e. The highest BCUT2D eigenvalue weighted by Gasteiger charge is 2.41. The quantitative estimate of drug-likeness (QED) is 0.515. The predicted octanol–water partition coefficient (Wildman–Crippen LogP) is 2.71. The standard InChI is InChI=1S/C17H23NO4S2/c19-15(20)6-12-23-24-13-9-18-16(21)17(7-10-22-11-8-17)14-4-2-1-3-5-14/h1-5H,6-13H2,(H,18,21)(H,19,20). The minimum absolute atomic E-state index is 0.0631. The molecule has 0 bridgehead atoms. The van der Waals surface area contributed by atoms with E-state index in [-0.39, 0.29) is 12.3 Å². The van der Waals surface area contributed by atoms with E-state index in [0.717, 1.165) is 11.3 Å². The third kappa shape index (κ3) is 5.43. The third-order valence-electron chi connectivity index (χ3n) is 4.06. The molecular formula is C17H23NO4S2. The van der Waals surface area contributed by atoms with E-state index < -0.39 is 11.4 Å². The van der Waals surface area contributed by atoms with E-state index in [1.165, 1.54) is 10.8 Å². The Bertz CT molecular complexity index is 533. The maximum absolute atomic E-state index is 12.8. The van der Waals surface area contributed by atoms with Gasteiger partial charge in [-0.25, -0.2) is 0 Å². The number of ether oxygens (including phenoxy) is 1. The summed E-state index contributed by atoms with van der Waals surface area (Å²) in [6.07, 6.45) is 1.56.